The van der Waals surface area contributed by atoms with E-state index in [4.69, 9.17) is 9.47 Å². The summed E-state index contributed by atoms with van der Waals surface area (Å²) >= 11 is 0. The predicted octanol–water partition coefficient (Wildman–Crippen LogP) is 2.82. The highest BCUT2D eigenvalue weighted by molar-refractivity contribution is 5.76. The summed E-state index contributed by atoms with van der Waals surface area (Å²) in [6.45, 7) is 0.926. The van der Waals surface area contributed by atoms with Crippen LogP contribution in [-0.4, -0.2) is 26.2 Å². The molecule has 22 heavy (non-hydrogen) atoms. The average Bonchev–Trinajstić information content (AvgIpc) is 2.58. The zero-order valence-corrected chi connectivity index (χ0v) is 12.7. The van der Waals surface area contributed by atoms with Crippen molar-refractivity contribution < 1.29 is 14.3 Å². The summed E-state index contributed by atoms with van der Waals surface area (Å²) in [6, 6.07) is 17.4. The lowest BCUT2D eigenvalue weighted by Crippen LogP contribution is -2.28. The lowest BCUT2D eigenvalue weighted by molar-refractivity contribution is -0.121. The molecule has 4 heteroatoms. The first kappa shape index (κ1) is 15.9. The Balaban J connectivity index is 1.62. The molecule has 0 aliphatic rings. The van der Waals surface area contributed by atoms with Crippen molar-refractivity contribution in [1.82, 2.24) is 5.32 Å². The molecule has 0 saturated carbocycles. The third-order valence-corrected chi connectivity index (χ3v) is 3.22. The minimum absolute atomic E-state index is 0.0399. The van der Waals surface area contributed by atoms with Gasteiger partial charge in [0.05, 0.1) is 13.7 Å². The van der Waals surface area contributed by atoms with E-state index in [0.717, 1.165) is 17.9 Å². The maximum absolute atomic E-state index is 11.7. The Morgan fingerprint density at radius 2 is 1.82 bits per heavy atom. The molecule has 116 valence electrons. The summed E-state index contributed by atoms with van der Waals surface area (Å²) in [5.41, 5.74) is 1.17. The maximum Gasteiger partial charge on any atom is 0.220 e. The first-order valence-electron chi connectivity index (χ1n) is 7.35. The van der Waals surface area contributed by atoms with E-state index >= 15 is 0 Å². The van der Waals surface area contributed by atoms with Gasteiger partial charge in [-0.3, -0.25) is 4.79 Å². The molecule has 0 unspecified atom stereocenters. The number of carbonyl (C=O) groups excluding carboxylic acids is 1. The first-order valence-corrected chi connectivity index (χ1v) is 7.35. The highest BCUT2D eigenvalue weighted by Crippen LogP contribution is 2.18. The molecule has 2 aromatic carbocycles. The van der Waals surface area contributed by atoms with Gasteiger partial charge in [0.2, 0.25) is 5.91 Å². The van der Waals surface area contributed by atoms with Crippen LogP contribution in [0.2, 0.25) is 0 Å². The molecule has 0 aromatic heterocycles. The van der Waals surface area contributed by atoms with Crippen molar-refractivity contribution in [2.75, 3.05) is 20.3 Å². The van der Waals surface area contributed by atoms with Crippen LogP contribution in [0.1, 0.15) is 12.0 Å². The standard InChI is InChI=1S/C18H21NO3/c1-21-16-8-5-9-17(14-16)22-13-12-19-18(20)11-10-15-6-3-2-4-7-15/h2-9,14H,10-13H2,1H3,(H,19,20). The normalized spacial score (nSPS) is 10.0. The molecule has 0 bridgehead atoms. The number of hydrogen-bond donors (Lipinski definition) is 1. The summed E-state index contributed by atoms with van der Waals surface area (Å²) < 4.78 is 10.7. The van der Waals surface area contributed by atoms with Crippen molar-refractivity contribution in [2.45, 2.75) is 12.8 Å². The summed E-state index contributed by atoms with van der Waals surface area (Å²) in [6.07, 6.45) is 1.24. The Bertz CT molecular complexity index is 584. The summed E-state index contributed by atoms with van der Waals surface area (Å²) in [5, 5.41) is 2.86. The topological polar surface area (TPSA) is 47.6 Å². The average molecular weight is 299 g/mol. The third-order valence-electron chi connectivity index (χ3n) is 3.22. The molecule has 0 atom stereocenters. The molecule has 0 heterocycles. The van der Waals surface area contributed by atoms with Gasteiger partial charge in [0.1, 0.15) is 18.1 Å². The maximum atomic E-state index is 11.7. The smallest absolute Gasteiger partial charge is 0.220 e. The van der Waals surface area contributed by atoms with Gasteiger partial charge in [-0.2, -0.15) is 0 Å². The van der Waals surface area contributed by atoms with Crippen LogP contribution in [0, 0.1) is 0 Å². The minimum Gasteiger partial charge on any atom is -0.497 e. The van der Waals surface area contributed by atoms with E-state index in [-0.39, 0.29) is 5.91 Å². The number of benzene rings is 2. The Hall–Kier alpha value is -2.49. The van der Waals surface area contributed by atoms with Crippen LogP contribution >= 0.6 is 0 Å². The van der Waals surface area contributed by atoms with Gasteiger partial charge >= 0.3 is 0 Å². The number of ether oxygens (including phenoxy) is 2. The van der Waals surface area contributed by atoms with Gasteiger partial charge < -0.3 is 14.8 Å². The minimum atomic E-state index is 0.0399. The molecule has 0 saturated heterocycles. The molecule has 0 fully saturated rings. The van der Waals surface area contributed by atoms with Gasteiger partial charge in [0.25, 0.3) is 0 Å². The fourth-order valence-electron chi connectivity index (χ4n) is 2.04. The van der Waals surface area contributed by atoms with Gasteiger partial charge in [-0.05, 0) is 24.1 Å². The Kier molecular flexibility index (Phi) is 6.30. The van der Waals surface area contributed by atoms with E-state index in [0.29, 0.717) is 19.6 Å². The van der Waals surface area contributed by atoms with E-state index in [2.05, 4.69) is 5.32 Å². The van der Waals surface area contributed by atoms with Crippen molar-refractivity contribution >= 4 is 5.91 Å². The van der Waals surface area contributed by atoms with Gasteiger partial charge in [-0.1, -0.05) is 36.4 Å². The van der Waals surface area contributed by atoms with Crippen LogP contribution in [0.25, 0.3) is 0 Å². The van der Waals surface area contributed by atoms with Crippen LogP contribution in [0.4, 0.5) is 0 Å². The predicted molar refractivity (Wildman–Crippen MR) is 86.3 cm³/mol. The Labute approximate surface area is 131 Å². The van der Waals surface area contributed by atoms with E-state index in [1.165, 1.54) is 5.56 Å². The molecule has 0 aliphatic carbocycles. The van der Waals surface area contributed by atoms with Crippen LogP contribution in [0.3, 0.4) is 0 Å². The van der Waals surface area contributed by atoms with E-state index in [1.807, 2.05) is 54.6 Å². The quantitative estimate of drug-likeness (QED) is 0.763. The van der Waals surface area contributed by atoms with Gasteiger partial charge in [-0.25, -0.2) is 0 Å². The zero-order valence-electron chi connectivity index (χ0n) is 12.7. The Morgan fingerprint density at radius 3 is 2.59 bits per heavy atom. The van der Waals surface area contributed by atoms with Crippen molar-refractivity contribution in [3.8, 4) is 11.5 Å². The van der Waals surface area contributed by atoms with Crippen LogP contribution < -0.4 is 14.8 Å². The van der Waals surface area contributed by atoms with Gasteiger partial charge in [0, 0.05) is 12.5 Å². The number of hydrogen-bond acceptors (Lipinski definition) is 3. The number of carbonyl (C=O) groups is 1. The number of nitrogens with one attached hydrogen (secondary N) is 1. The zero-order chi connectivity index (χ0) is 15.6. The second-order valence-corrected chi connectivity index (χ2v) is 4.86. The molecule has 1 N–H and O–H groups in total. The van der Waals surface area contributed by atoms with E-state index < -0.39 is 0 Å². The lowest BCUT2D eigenvalue weighted by atomic mass is 10.1. The van der Waals surface area contributed by atoms with Gasteiger partial charge in [0.15, 0.2) is 0 Å². The number of methoxy groups -OCH3 is 1. The number of rotatable bonds is 8. The number of amides is 1. The lowest BCUT2D eigenvalue weighted by Gasteiger charge is -2.09. The number of aryl methyl sites for hydroxylation is 1. The van der Waals surface area contributed by atoms with Gasteiger partial charge in [-0.15, -0.1) is 0 Å². The highest BCUT2D eigenvalue weighted by Gasteiger charge is 2.02. The fourth-order valence-corrected chi connectivity index (χ4v) is 2.04. The third kappa shape index (κ3) is 5.48. The molecule has 2 rings (SSSR count). The molecule has 2 aromatic rings. The van der Waals surface area contributed by atoms with Crippen LogP contribution in [-0.2, 0) is 11.2 Å². The molecule has 0 aliphatic heterocycles. The van der Waals surface area contributed by atoms with Crippen molar-refractivity contribution in [3.05, 3.63) is 60.2 Å². The van der Waals surface area contributed by atoms with Crippen molar-refractivity contribution in [3.63, 3.8) is 0 Å². The molecule has 0 spiro atoms. The summed E-state index contributed by atoms with van der Waals surface area (Å²) in [4.78, 5) is 11.7. The van der Waals surface area contributed by atoms with E-state index in [9.17, 15) is 4.79 Å². The molecule has 4 nitrogen and oxygen atoms in total. The molecule has 1 amide bonds. The van der Waals surface area contributed by atoms with E-state index in [1.54, 1.807) is 7.11 Å². The summed E-state index contributed by atoms with van der Waals surface area (Å²) in [7, 11) is 1.62. The fraction of sp³-hybridized carbons (Fsp3) is 0.278. The SMILES string of the molecule is COc1cccc(OCCNC(=O)CCc2ccccc2)c1. The summed E-state index contributed by atoms with van der Waals surface area (Å²) in [5.74, 6) is 1.53. The second-order valence-electron chi connectivity index (χ2n) is 4.86. The van der Waals surface area contributed by atoms with Crippen LogP contribution in [0.5, 0.6) is 11.5 Å². The monoisotopic (exact) mass is 299 g/mol. The molecular weight excluding hydrogens is 278 g/mol. The molecule has 0 radical (unpaired) electrons. The molecular formula is C18H21NO3. The van der Waals surface area contributed by atoms with Crippen LogP contribution in [0.15, 0.2) is 54.6 Å². The Morgan fingerprint density at radius 1 is 1.05 bits per heavy atom. The van der Waals surface area contributed by atoms with Crippen molar-refractivity contribution in [1.29, 1.82) is 0 Å². The first-order chi connectivity index (χ1) is 10.8. The highest BCUT2D eigenvalue weighted by atomic mass is 16.5. The second kappa shape index (κ2) is 8.72. The largest absolute Gasteiger partial charge is 0.497 e. The van der Waals surface area contributed by atoms with Crippen molar-refractivity contribution in [2.24, 2.45) is 0 Å².